The normalized spacial score (nSPS) is 12.4. The number of nitrogens with two attached hydrogens (primary N) is 1. The quantitative estimate of drug-likeness (QED) is 0.874. The summed E-state index contributed by atoms with van der Waals surface area (Å²) >= 11 is 0. The van der Waals surface area contributed by atoms with Gasteiger partial charge in [0.1, 0.15) is 5.82 Å². The Hall–Kier alpha value is -1.67. The third-order valence-corrected chi connectivity index (χ3v) is 3.37. The van der Waals surface area contributed by atoms with Crippen LogP contribution in [0.4, 0.5) is 4.39 Å². The first-order valence-corrected chi connectivity index (χ1v) is 6.14. The molecule has 94 valence electrons. The van der Waals surface area contributed by atoms with Crippen LogP contribution in [-0.2, 0) is 6.42 Å². The van der Waals surface area contributed by atoms with E-state index in [1.807, 2.05) is 0 Å². The van der Waals surface area contributed by atoms with E-state index in [9.17, 15) is 4.39 Å². The second-order valence-electron chi connectivity index (χ2n) is 4.73. The second kappa shape index (κ2) is 5.32. The maximum absolute atomic E-state index is 12.9. The summed E-state index contributed by atoms with van der Waals surface area (Å²) in [4.78, 5) is 0. The van der Waals surface area contributed by atoms with Gasteiger partial charge in [-0.25, -0.2) is 4.39 Å². The van der Waals surface area contributed by atoms with Gasteiger partial charge in [-0.15, -0.1) is 0 Å². The summed E-state index contributed by atoms with van der Waals surface area (Å²) in [5.41, 5.74) is 11.0. The van der Waals surface area contributed by atoms with Crippen molar-refractivity contribution in [3.8, 4) is 0 Å². The van der Waals surface area contributed by atoms with Crippen LogP contribution >= 0.6 is 0 Å². The van der Waals surface area contributed by atoms with Gasteiger partial charge in [0.25, 0.3) is 0 Å². The first-order valence-electron chi connectivity index (χ1n) is 6.14. The highest BCUT2D eigenvalue weighted by Crippen LogP contribution is 2.21. The minimum absolute atomic E-state index is 0.0922. The number of halogens is 1. The first-order chi connectivity index (χ1) is 8.58. The molecule has 1 atom stereocenters. The number of benzene rings is 2. The van der Waals surface area contributed by atoms with Crippen molar-refractivity contribution in [2.24, 2.45) is 5.73 Å². The number of aryl methyl sites for hydroxylation is 2. The van der Waals surface area contributed by atoms with Crippen LogP contribution in [0.3, 0.4) is 0 Å². The van der Waals surface area contributed by atoms with Crippen LogP contribution in [-0.4, -0.2) is 0 Å². The lowest BCUT2D eigenvalue weighted by Crippen LogP contribution is -2.14. The van der Waals surface area contributed by atoms with Gasteiger partial charge < -0.3 is 5.73 Å². The molecule has 0 aliphatic heterocycles. The molecule has 2 aromatic rings. The third-order valence-electron chi connectivity index (χ3n) is 3.37. The highest BCUT2D eigenvalue weighted by molar-refractivity contribution is 5.35. The summed E-state index contributed by atoms with van der Waals surface area (Å²) in [6.07, 6.45) is 0.782. The predicted octanol–water partition coefficient (Wildman–Crippen LogP) is 3.69. The molecular weight excluding hydrogens is 225 g/mol. The van der Waals surface area contributed by atoms with E-state index in [4.69, 9.17) is 5.73 Å². The topological polar surface area (TPSA) is 26.0 Å². The number of hydrogen-bond acceptors (Lipinski definition) is 1. The molecule has 2 heteroatoms. The van der Waals surface area contributed by atoms with Gasteiger partial charge in [-0.1, -0.05) is 30.3 Å². The zero-order chi connectivity index (χ0) is 13.1. The van der Waals surface area contributed by atoms with Gasteiger partial charge in [0.15, 0.2) is 0 Å². The summed E-state index contributed by atoms with van der Waals surface area (Å²) in [7, 11) is 0. The van der Waals surface area contributed by atoms with Crippen molar-refractivity contribution in [1.82, 2.24) is 0 Å². The zero-order valence-electron chi connectivity index (χ0n) is 10.8. The Labute approximate surface area is 107 Å². The van der Waals surface area contributed by atoms with E-state index in [2.05, 4.69) is 32.0 Å². The molecule has 1 unspecified atom stereocenters. The second-order valence-corrected chi connectivity index (χ2v) is 4.73. The maximum atomic E-state index is 12.9. The van der Waals surface area contributed by atoms with E-state index in [0.29, 0.717) is 0 Å². The molecule has 0 fully saturated rings. The molecule has 18 heavy (non-hydrogen) atoms. The lowest BCUT2D eigenvalue weighted by molar-refractivity contribution is 0.624. The third kappa shape index (κ3) is 2.77. The Morgan fingerprint density at radius 3 is 2.11 bits per heavy atom. The van der Waals surface area contributed by atoms with Crippen molar-refractivity contribution in [3.05, 3.63) is 70.5 Å². The molecule has 0 spiro atoms. The maximum Gasteiger partial charge on any atom is 0.123 e. The average Bonchev–Trinajstić information content (AvgIpc) is 2.34. The number of hydrogen-bond donors (Lipinski definition) is 1. The Bertz CT molecular complexity index is 511. The summed E-state index contributed by atoms with van der Waals surface area (Å²) < 4.78 is 12.9. The van der Waals surface area contributed by atoms with Crippen LogP contribution < -0.4 is 5.73 Å². The largest absolute Gasteiger partial charge is 0.324 e. The lowest BCUT2D eigenvalue weighted by atomic mass is 9.93. The Morgan fingerprint density at radius 1 is 1.00 bits per heavy atom. The summed E-state index contributed by atoms with van der Waals surface area (Å²) in [6.45, 7) is 4.19. The highest BCUT2D eigenvalue weighted by atomic mass is 19.1. The monoisotopic (exact) mass is 243 g/mol. The van der Waals surface area contributed by atoms with Crippen LogP contribution in [0.1, 0.15) is 28.3 Å². The molecule has 2 rings (SSSR count). The Kier molecular flexibility index (Phi) is 3.78. The van der Waals surface area contributed by atoms with Crippen molar-refractivity contribution < 1.29 is 4.39 Å². The fourth-order valence-electron chi connectivity index (χ4n) is 2.22. The van der Waals surface area contributed by atoms with Crippen LogP contribution in [0, 0.1) is 19.7 Å². The molecule has 0 amide bonds. The van der Waals surface area contributed by atoms with Crippen LogP contribution in [0.2, 0.25) is 0 Å². The average molecular weight is 243 g/mol. The van der Waals surface area contributed by atoms with E-state index in [1.54, 1.807) is 12.1 Å². The van der Waals surface area contributed by atoms with Gasteiger partial charge >= 0.3 is 0 Å². The van der Waals surface area contributed by atoms with Crippen molar-refractivity contribution >= 4 is 0 Å². The summed E-state index contributed by atoms with van der Waals surface area (Å²) in [5.74, 6) is -0.224. The van der Waals surface area contributed by atoms with Crippen LogP contribution in [0.15, 0.2) is 42.5 Å². The van der Waals surface area contributed by atoms with Gasteiger partial charge in [0.2, 0.25) is 0 Å². The molecule has 1 nitrogen and oxygen atoms in total. The first kappa shape index (κ1) is 12.8. The molecule has 2 N–H and O–H groups in total. The van der Waals surface area contributed by atoms with Crippen molar-refractivity contribution in [2.45, 2.75) is 26.3 Å². The van der Waals surface area contributed by atoms with Crippen LogP contribution in [0.25, 0.3) is 0 Å². The summed E-state index contributed by atoms with van der Waals surface area (Å²) in [6, 6.07) is 12.6. The molecule has 0 bridgehead atoms. The molecule has 0 radical (unpaired) electrons. The zero-order valence-corrected chi connectivity index (χ0v) is 10.8. The van der Waals surface area contributed by atoms with E-state index in [1.165, 1.54) is 28.8 Å². The van der Waals surface area contributed by atoms with Gasteiger partial charge in [-0.3, -0.25) is 0 Å². The molecule has 0 saturated heterocycles. The Morgan fingerprint density at radius 2 is 1.56 bits per heavy atom. The molecular formula is C16H18FN. The van der Waals surface area contributed by atoms with E-state index >= 15 is 0 Å². The van der Waals surface area contributed by atoms with Crippen molar-refractivity contribution in [1.29, 1.82) is 0 Å². The smallest absolute Gasteiger partial charge is 0.123 e. The van der Waals surface area contributed by atoms with Gasteiger partial charge in [-0.2, -0.15) is 0 Å². The molecule has 0 saturated carbocycles. The lowest BCUT2D eigenvalue weighted by Gasteiger charge is -2.16. The SMILES string of the molecule is Cc1cccc(C)c1CC(N)c1ccc(F)cc1. The predicted molar refractivity (Wildman–Crippen MR) is 72.9 cm³/mol. The standard InChI is InChI=1S/C16H18FN/c1-11-4-3-5-12(2)15(11)10-16(18)13-6-8-14(17)9-7-13/h3-9,16H,10,18H2,1-2H3. The van der Waals surface area contributed by atoms with E-state index in [0.717, 1.165) is 12.0 Å². The van der Waals surface area contributed by atoms with Crippen molar-refractivity contribution in [3.63, 3.8) is 0 Å². The van der Waals surface area contributed by atoms with E-state index in [-0.39, 0.29) is 11.9 Å². The minimum Gasteiger partial charge on any atom is -0.324 e. The summed E-state index contributed by atoms with van der Waals surface area (Å²) in [5, 5.41) is 0. The van der Waals surface area contributed by atoms with Crippen molar-refractivity contribution in [2.75, 3.05) is 0 Å². The molecule has 0 aromatic heterocycles. The highest BCUT2D eigenvalue weighted by Gasteiger charge is 2.10. The minimum atomic E-state index is -0.224. The molecule has 0 heterocycles. The molecule has 0 aliphatic carbocycles. The van der Waals surface area contributed by atoms with Gasteiger partial charge in [0, 0.05) is 6.04 Å². The Balaban J connectivity index is 2.21. The molecule has 2 aromatic carbocycles. The fourth-order valence-corrected chi connectivity index (χ4v) is 2.22. The fraction of sp³-hybridized carbons (Fsp3) is 0.250. The van der Waals surface area contributed by atoms with Gasteiger partial charge in [0.05, 0.1) is 0 Å². The molecule has 0 aliphatic rings. The number of rotatable bonds is 3. The van der Waals surface area contributed by atoms with Crippen LogP contribution in [0.5, 0.6) is 0 Å². The van der Waals surface area contributed by atoms with E-state index < -0.39 is 0 Å². The van der Waals surface area contributed by atoms with Gasteiger partial charge in [-0.05, 0) is 54.7 Å².